The molecule has 0 radical (unpaired) electrons. The molecule has 0 aromatic heterocycles. The van der Waals surface area contributed by atoms with Crippen molar-refractivity contribution in [2.75, 3.05) is 6.61 Å². The van der Waals surface area contributed by atoms with Gasteiger partial charge in [-0.05, 0) is 18.9 Å². The highest BCUT2D eigenvalue weighted by Gasteiger charge is 2.02. The van der Waals surface area contributed by atoms with Crippen LogP contribution in [0, 0.1) is 11.3 Å². The Morgan fingerprint density at radius 2 is 1.45 bits per heavy atom. The van der Waals surface area contributed by atoms with Crippen LogP contribution in [0.25, 0.3) is 0 Å². The van der Waals surface area contributed by atoms with Crippen LogP contribution >= 0.6 is 0 Å². The predicted octanol–water partition coefficient (Wildman–Crippen LogP) is 5.70. The highest BCUT2D eigenvalue weighted by Crippen LogP contribution is 2.12. The van der Waals surface area contributed by atoms with Crippen LogP contribution in [0.15, 0.2) is 11.6 Å². The quantitative estimate of drug-likeness (QED) is 0.235. The first-order valence-corrected chi connectivity index (χ1v) is 8.91. The van der Waals surface area contributed by atoms with Gasteiger partial charge in [0.15, 0.2) is 0 Å². The maximum Gasteiger partial charge on any atom is 0.306 e. The van der Waals surface area contributed by atoms with Crippen molar-refractivity contribution < 1.29 is 9.53 Å². The lowest BCUT2D eigenvalue weighted by Gasteiger charge is -2.05. The van der Waals surface area contributed by atoms with E-state index >= 15 is 0 Å². The van der Waals surface area contributed by atoms with Crippen LogP contribution in [0.1, 0.15) is 90.9 Å². The zero-order valence-electron chi connectivity index (χ0n) is 14.5. The van der Waals surface area contributed by atoms with E-state index < -0.39 is 0 Å². The van der Waals surface area contributed by atoms with Crippen LogP contribution in [0.5, 0.6) is 0 Å². The summed E-state index contributed by atoms with van der Waals surface area (Å²) in [6.07, 6.45) is 16.0. The number of carbonyl (C=O) groups excluding carboxylic acids is 1. The Kier molecular flexibility index (Phi) is 15.1. The van der Waals surface area contributed by atoms with E-state index in [-0.39, 0.29) is 12.6 Å². The van der Waals surface area contributed by atoms with Gasteiger partial charge in [-0.3, -0.25) is 4.79 Å². The summed E-state index contributed by atoms with van der Waals surface area (Å²) < 4.78 is 5.09. The molecule has 3 heteroatoms. The van der Waals surface area contributed by atoms with E-state index in [2.05, 4.69) is 6.92 Å². The highest BCUT2D eigenvalue weighted by molar-refractivity contribution is 5.69. The Balaban J connectivity index is 3.27. The summed E-state index contributed by atoms with van der Waals surface area (Å²) in [5.74, 6) is -0.151. The van der Waals surface area contributed by atoms with Gasteiger partial charge in [-0.1, -0.05) is 71.1 Å². The molecule has 0 saturated heterocycles. The second-order valence-corrected chi connectivity index (χ2v) is 6.07. The normalized spacial score (nSPS) is 11.2. The molecule has 0 unspecified atom stereocenters. The molecule has 3 nitrogen and oxygen atoms in total. The third-order valence-corrected chi connectivity index (χ3v) is 3.76. The number of unbranched alkanes of at least 4 members (excludes halogenated alkanes) is 10. The van der Waals surface area contributed by atoms with Crippen molar-refractivity contribution in [3.8, 4) is 6.07 Å². The van der Waals surface area contributed by atoms with Crippen molar-refractivity contribution in [2.24, 2.45) is 0 Å². The Morgan fingerprint density at radius 1 is 0.955 bits per heavy atom. The maximum absolute atomic E-state index is 11.5. The monoisotopic (exact) mass is 307 g/mol. The largest absolute Gasteiger partial charge is 0.461 e. The minimum atomic E-state index is -0.151. The number of ether oxygens (including phenoxy) is 1. The lowest BCUT2D eigenvalue weighted by Crippen LogP contribution is -2.06. The van der Waals surface area contributed by atoms with Crippen LogP contribution in [-0.4, -0.2) is 12.6 Å². The smallest absolute Gasteiger partial charge is 0.306 e. The Morgan fingerprint density at radius 3 is 1.95 bits per heavy atom. The zero-order valence-corrected chi connectivity index (χ0v) is 14.5. The Hall–Kier alpha value is -1.30. The van der Waals surface area contributed by atoms with Gasteiger partial charge in [-0.2, -0.15) is 5.26 Å². The van der Waals surface area contributed by atoms with Gasteiger partial charge in [0.25, 0.3) is 0 Å². The molecule has 0 heterocycles. The van der Waals surface area contributed by atoms with Crippen molar-refractivity contribution in [1.29, 1.82) is 5.26 Å². The molecule has 0 aliphatic carbocycles. The van der Waals surface area contributed by atoms with Gasteiger partial charge < -0.3 is 4.74 Å². The summed E-state index contributed by atoms with van der Waals surface area (Å²) >= 11 is 0. The number of rotatable bonds is 14. The van der Waals surface area contributed by atoms with Gasteiger partial charge >= 0.3 is 5.97 Å². The predicted molar refractivity (Wildman–Crippen MR) is 91.4 cm³/mol. The molecule has 0 atom stereocenters. The second kappa shape index (κ2) is 16.1. The Labute approximate surface area is 136 Å². The molecular formula is C19H33NO2. The van der Waals surface area contributed by atoms with Gasteiger partial charge in [0, 0.05) is 12.5 Å². The average Bonchev–Trinajstić information content (AvgIpc) is 2.51. The molecule has 0 fully saturated rings. The molecular weight excluding hydrogens is 274 g/mol. The van der Waals surface area contributed by atoms with Gasteiger partial charge in [0.2, 0.25) is 0 Å². The van der Waals surface area contributed by atoms with Crippen molar-refractivity contribution >= 4 is 5.97 Å². The van der Waals surface area contributed by atoms with Crippen LogP contribution in [0.2, 0.25) is 0 Å². The van der Waals surface area contributed by atoms with Crippen molar-refractivity contribution in [1.82, 2.24) is 0 Å². The molecule has 0 saturated carbocycles. The standard InChI is InChI=1S/C19H33NO2/c1-3-4-5-6-7-8-9-10-11-12-13-14-19(21)22-17-18(2)15-16-20/h15H,3-14,17H2,1-2H3. The van der Waals surface area contributed by atoms with Crippen molar-refractivity contribution in [2.45, 2.75) is 90.9 Å². The molecule has 0 aliphatic rings. The van der Waals surface area contributed by atoms with E-state index in [1.807, 2.05) is 6.07 Å². The highest BCUT2D eigenvalue weighted by atomic mass is 16.5. The molecule has 0 spiro atoms. The fraction of sp³-hybridized carbons (Fsp3) is 0.789. The average molecular weight is 307 g/mol. The summed E-state index contributed by atoms with van der Waals surface area (Å²) in [5, 5.41) is 8.45. The van der Waals surface area contributed by atoms with E-state index in [4.69, 9.17) is 10.00 Å². The summed E-state index contributed by atoms with van der Waals surface area (Å²) in [7, 11) is 0. The minimum absolute atomic E-state index is 0.151. The summed E-state index contributed by atoms with van der Waals surface area (Å²) in [4.78, 5) is 11.5. The lowest BCUT2D eigenvalue weighted by molar-refractivity contribution is -0.142. The minimum Gasteiger partial charge on any atom is -0.461 e. The van der Waals surface area contributed by atoms with Gasteiger partial charge in [0.1, 0.15) is 6.61 Å². The van der Waals surface area contributed by atoms with E-state index in [1.54, 1.807) is 6.92 Å². The fourth-order valence-electron chi connectivity index (χ4n) is 2.35. The van der Waals surface area contributed by atoms with E-state index in [1.165, 1.54) is 63.9 Å². The number of nitriles is 1. The first kappa shape index (κ1) is 20.7. The molecule has 0 aromatic rings. The SMILES string of the molecule is CCCCCCCCCCCCCC(=O)OCC(C)=CC#N. The summed E-state index contributed by atoms with van der Waals surface area (Å²) in [5.41, 5.74) is 0.787. The zero-order chi connectivity index (χ0) is 16.5. The molecule has 126 valence electrons. The molecule has 0 amide bonds. The summed E-state index contributed by atoms with van der Waals surface area (Å²) in [6, 6.07) is 1.93. The third-order valence-electron chi connectivity index (χ3n) is 3.76. The van der Waals surface area contributed by atoms with Crippen LogP contribution in [-0.2, 0) is 9.53 Å². The number of esters is 1. The first-order chi connectivity index (χ1) is 10.7. The van der Waals surface area contributed by atoms with Crippen LogP contribution < -0.4 is 0 Å². The third kappa shape index (κ3) is 15.1. The number of carbonyl (C=O) groups is 1. The van der Waals surface area contributed by atoms with Gasteiger partial charge in [-0.15, -0.1) is 0 Å². The molecule has 0 aliphatic heterocycles. The Bertz CT molecular complexity index is 342. The fourth-order valence-corrected chi connectivity index (χ4v) is 2.35. The molecule has 0 N–H and O–H groups in total. The van der Waals surface area contributed by atoms with Crippen LogP contribution in [0.3, 0.4) is 0 Å². The number of allylic oxidation sites excluding steroid dienone is 1. The van der Waals surface area contributed by atoms with E-state index in [0.717, 1.165) is 18.4 Å². The number of nitrogens with zero attached hydrogens (tertiary/aromatic N) is 1. The topological polar surface area (TPSA) is 50.1 Å². The van der Waals surface area contributed by atoms with Gasteiger partial charge in [0.05, 0.1) is 6.07 Å². The maximum atomic E-state index is 11.5. The van der Waals surface area contributed by atoms with Crippen molar-refractivity contribution in [3.63, 3.8) is 0 Å². The van der Waals surface area contributed by atoms with E-state index in [0.29, 0.717) is 6.42 Å². The first-order valence-electron chi connectivity index (χ1n) is 8.91. The van der Waals surface area contributed by atoms with E-state index in [9.17, 15) is 4.79 Å². The molecule has 22 heavy (non-hydrogen) atoms. The number of hydrogen-bond donors (Lipinski definition) is 0. The van der Waals surface area contributed by atoms with Crippen molar-refractivity contribution in [3.05, 3.63) is 11.6 Å². The van der Waals surface area contributed by atoms with Gasteiger partial charge in [-0.25, -0.2) is 0 Å². The molecule has 0 rings (SSSR count). The summed E-state index contributed by atoms with van der Waals surface area (Å²) in [6.45, 7) is 4.28. The molecule has 0 aromatic carbocycles. The lowest BCUT2D eigenvalue weighted by atomic mass is 10.1. The number of hydrogen-bond acceptors (Lipinski definition) is 3. The molecule has 0 bridgehead atoms. The van der Waals surface area contributed by atoms with Crippen LogP contribution in [0.4, 0.5) is 0 Å². The second-order valence-electron chi connectivity index (χ2n) is 6.07.